The second kappa shape index (κ2) is 11.2. The molecule has 0 saturated carbocycles. The largest absolute Gasteiger partial charge is 0.496 e. The molecule has 0 spiro atoms. The number of aliphatic imine (C=N–C) groups is 1. The minimum absolute atomic E-state index is 0.139. The lowest BCUT2D eigenvalue weighted by Crippen LogP contribution is -2.46. The summed E-state index contributed by atoms with van der Waals surface area (Å²) in [6.45, 7) is 10.5. The summed E-state index contributed by atoms with van der Waals surface area (Å²) in [6, 6.07) is 6.47. The minimum Gasteiger partial charge on any atom is -0.496 e. The Morgan fingerprint density at radius 2 is 2.10 bits per heavy atom. The highest BCUT2D eigenvalue weighted by Crippen LogP contribution is 2.41. The Morgan fingerprint density at radius 3 is 2.80 bits per heavy atom. The Kier molecular flexibility index (Phi) is 8.66. The Morgan fingerprint density at radius 1 is 1.30 bits per heavy atom. The number of ether oxygens (including phenoxy) is 2. The van der Waals surface area contributed by atoms with Gasteiger partial charge in [-0.25, -0.2) is 0 Å². The number of likely N-dealkylation sites (N-methyl/N-ethyl adjacent to an activating group) is 1. The summed E-state index contributed by atoms with van der Waals surface area (Å²) >= 11 is 6.37. The normalized spacial score (nSPS) is 22.1. The molecule has 0 amide bonds. The number of nitrogens with zero attached hydrogens (tertiary/aromatic N) is 2. The van der Waals surface area contributed by atoms with Crippen molar-refractivity contribution in [3.63, 3.8) is 0 Å². The molecule has 0 aliphatic carbocycles. The molecule has 3 rings (SSSR count). The lowest BCUT2D eigenvalue weighted by atomic mass is 9.73. The smallest absolute Gasteiger partial charge is 0.191 e. The lowest BCUT2D eigenvalue weighted by molar-refractivity contribution is 0.0523. The Hall–Kier alpha value is -1.50. The van der Waals surface area contributed by atoms with Crippen molar-refractivity contribution in [2.24, 2.45) is 4.99 Å². The van der Waals surface area contributed by atoms with E-state index in [0.29, 0.717) is 12.6 Å². The average Bonchev–Trinajstić information content (AvgIpc) is 3.24. The number of likely N-dealkylation sites (tertiary alicyclic amines) is 1. The fourth-order valence-electron chi connectivity index (χ4n) is 4.70. The van der Waals surface area contributed by atoms with Crippen LogP contribution in [0.5, 0.6) is 5.75 Å². The van der Waals surface area contributed by atoms with Crippen LogP contribution in [0, 0.1) is 0 Å². The van der Waals surface area contributed by atoms with Gasteiger partial charge in [-0.15, -0.1) is 0 Å². The predicted octanol–water partition coefficient (Wildman–Crippen LogP) is 3.44. The molecular weight excluding hydrogens is 400 g/mol. The number of halogens is 1. The molecule has 1 aromatic carbocycles. The van der Waals surface area contributed by atoms with E-state index in [1.165, 1.54) is 19.4 Å². The minimum atomic E-state index is -0.139. The van der Waals surface area contributed by atoms with Crippen LogP contribution >= 0.6 is 11.6 Å². The number of hydrogen-bond acceptors (Lipinski definition) is 4. The molecule has 2 heterocycles. The fourth-order valence-corrected chi connectivity index (χ4v) is 4.87. The van der Waals surface area contributed by atoms with Crippen molar-refractivity contribution in [1.29, 1.82) is 0 Å². The van der Waals surface area contributed by atoms with Gasteiger partial charge in [0.2, 0.25) is 0 Å². The van der Waals surface area contributed by atoms with E-state index in [9.17, 15) is 0 Å². The summed E-state index contributed by atoms with van der Waals surface area (Å²) in [7, 11) is 1.72. The van der Waals surface area contributed by atoms with Gasteiger partial charge in [0.05, 0.1) is 13.7 Å². The summed E-state index contributed by atoms with van der Waals surface area (Å²) in [6.07, 6.45) is 4.34. The number of hydrogen-bond donors (Lipinski definition) is 2. The SMILES string of the molecule is CCNC(=NCC1(c2cc(Cl)ccc2OC)CCOCC1)NCC1CCCN1CC. The van der Waals surface area contributed by atoms with Crippen LogP contribution in [0.15, 0.2) is 23.2 Å². The molecule has 1 unspecified atom stereocenters. The third-order valence-corrected chi connectivity index (χ3v) is 6.71. The van der Waals surface area contributed by atoms with Gasteiger partial charge in [0, 0.05) is 48.3 Å². The zero-order valence-electron chi connectivity index (χ0n) is 18.7. The molecule has 2 N–H and O–H groups in total. The monoisotopic (exact) mass is 436 g/mol. The third-order valence-electron chi connectivity index (χ3n) is 6.48. The number of benzene rings is 1. The standard InChI is InChI=1S/C23H37ClN4O2/c1-4-25-22(26-16-19-7-6-12-28(19)5-2)27-17-23(10-13-30-14-11-23)20-15-18(24)8-9-21(20)29-3/h8-9,15,19H,4-7,10-14,16-17H2,1-3H3,(H2,25,26,27). The first kappa shape index (κ1) is 23.2. The fraction of sp³-hybridized carbons (Fsp3) is 0.696. The van der Waals surface area contributed by atoms with Gasteiger partial charge in [-0.2, -0.15) is 0 Å². The molecule has 0 aromatic heterocycles. The van der Waals surface area contributed by atoms with Gasteiger partial charge in [-0.1, -0.05) is 18.5 Å². The molecule has 2 fully saturated rings. The first-order chi connectivity index (χ1) is 14.6. The molecule has 2 saturated heterocycles. The molecule has 7 heteroatoms. The van der Waals surface area contributed by atoms with E-state index >= 15 is 0 Å². The van der Waals surface area contributed by atoms with Gasteiger partial charge < -0.3 is 20.1 Å². The van der Waals surface area contributed by atoms with E-state index < -0.39 is 0 Å². The second-order valence-corrected chi connectivity index (χ2v) is 8.67. The second-order valence-electron chi connectivity index (χ2n) is 8.24. The highest BCUT2D eigenvalue weighted by Gasteiger charge is 2.37. The highest BCUT2D eigenvalue weighted by atomic mass is 35.5. The summed E-state index contributed by atoms with van der Waals surface area (Å²) in [5.74, 6) is 1.76. The van der Waals surface area contributed by atoms with Gasteiger partial charge in [0.25, 0.3) is 0 Å². The zero-order valence-corrected chi connectivity index (χ0v) is 19.4. The van der Waals surface area contributed by atoms with Crippen LogP contribution < -0.4 is 15.4 Å². The van der Waals surface area contributed by atoms with Crippen LogP contribution in [0.25, 0.3) is 0 Å². The number of guanidine groups is 1. The van der Waals surface area contributed by atoms with Crippen molar-refractivity contribution >= 4 is 17.6 Å². The Labute approximate surface area is 186 Å². The maximum atomic E-state index is 6.37. The van der Waals surface area contributed by atoms with Crippen LogP contribution in [-0.4, -0.2) is 69.9 Å². The van der Waals surface area contributed by atoms with Gasteiger partial charge in [-0.3, -0.25) is 9.89 Å². The molecule has 6 nitrogen and oxygen atoms in total. The average molecular weight is 437 g/mol. The van der Waals surface area contributed by atoms with Gasteiger partial charge >= 0.3 is 0 Å². The third kappa shape index (κ3) is 5.59. The van der Waals surface area contributed by atoms with E-state index in [1.807, 2.05) is 18.2 Å². The van der Waals surface area contributed by atoms with Gasteiger partial charge in [0.15, 0.2) is 5.96 Å². The number of rotatable bonds is 8. The van der Waals surface area contributed by atoms with Crippen molar-refractivity contribution in [2.45, 2.75) is 51.0 Å². The van der Waals surface area contributed by atoms with Crippen LogP contribution in [0.2, 0.25) is 5.02 Å². The van der Waals surface area contributed by atoms with E-state index in [2.05, 4.69) is 29.4 Å². The molecule has 0 bridgehead atoms. The predicted molar refractivity (Wildman–Crippen MR) is 124 cm³/mol. The van der Waals surface area contributed by atoms with Crippen LogP contribution in [0.1, 0.15) is 45.1 Å². The maximum absolute atomic E-state index is 6.37. The Bertz CT molecular complexity index is 706. The van der Waals surface area contributed by atoms with E-state index in [1.54, 1.807) is 7.11 Å². The van der Waals surface area contributed by atoms with Gasteiger partial charge in [0.1, 0.15) is 5.75 Å². The number of methoxy groups -OCH3 is 1. The van der Waals surface area contributed by atoms with Crippen LogP contribution in [-0.2, 0) is 10.2 Å². The molecule has 30 heavy (non-hydrogen) atoms. The molecule has 1 aromatic rings. The van der Waals surface area contributed by atoms with Crippen molar-refractivity contribution in [3.05, 3.63) is 28.8 Å². The van der Waals surface area contributed by atoms with E-state index in [-0.39, 0.29) is 5.41 Å². The van der Waals surface area contributed by atoms with Crippen molar-refractivity contribution in [1.82, 2.24) is 15.5 Å². The van der Waals surface area contributed by atoms with Crippen molar-refractivity contribution < 1.29 is 9.47 Å². The van der Waals surface area contributed by atoms with Crippen molar-refractivity contribution in [3.8, 4) is 5.75 Å². The summed E-state index contributed by atoms with van der Waals surface area (Å²) in [4.78, 5) is 7.57. The van der Waals surface area contributed by atoms with Gasteiger partial charge in [-0.05, 0) is 63.9 Å². The molecular formula is C23H37ClN4O2. The van der Waals surface area contributed by atoms with E-state index in [0.717, 1.165) is 68.0 Å². The lowest BCUT2D eigenvalue weighted by Gasteiger charge is -2.37. The number of nitrogens with one attached hydrogen (secondary N) is 2. The van der Waals surface area contributed by atoms with E-state index in [4.69, 9.17) is 26.1 Å². The first-order valence-electron chi connectivity index (χ1n) is 11.3. The summed E-state index contributed by atoms with van der Waals surface area (Å²) < 4.78 is 11.4. The summed E-state index contributed by atoms with van der Waals surface area (Å²) in [5, 5.41) is 7.73. The maximum Gasteiger partial charge on any atom is 0.191 e. The summed E-state index contributed by atoms with van der Waals surface area (Å²) in [5.41, 5.74) is 0.994. The molecule has 0 radical (unpaired) electrons. The first-order valence-corrected chi connectivity index (χ1v) is 11.7. The molecule has 2 aliphatic heterocycles. The molecule has 2 aliphatic rings. The topological polar surface area (TPSA) is 58.1 Å². The van der Waals surface area contributed by atoms with Crippen LogP contribution in [0.4, 0.5) is 0 Å². The van der Waals surface area contributed by atoms with Crippen molar-refractivity contribution in [2.75, 3.05) is 53.0 Å². The zero-order chi connectivity index (χ0) is 21.4. The quantitative estimate of drug-likeness (QED) is 0.483. The molecule has 1 atom stereocenters. The highest BCUT2D eigenvalue weighted by molar-refractivity contribution is 6.30. The Balaban J connectivity index is 1.78. The molecule has 168 valence electrons. The van der Waals surface area contributed by atoms with Crippen LogP contribution in [0.3, 0.4) is 0 Å².